The fraction of sp³-hybridized carbons (Fsp3) is 0.667. The zero-order valence-corrected chi connectivity index (χ0v) is 12.8. The Labute approximate surface area is 114 Å². The van der Waals surface area contributed by atoms with E-state index in [0.29, 0.717) is 0 Å². The van der Waals surface area contributed by atoms with Crippen LogP contribution in [0, 0.1) is 5.92 Å². The molecule has 0 bridgehead atoms. The van der Waals surface area contributed by atoms with Crippen molar-refractivity contribution in [2.75, 3.05) is 0 Å². The topological polar surface area (TPSA) is 0 Å². The highest BCUT2D eigenvalue weighted by molar-refractivity contribution is 5.09. The van der Waals surface area contributed by atoms with E-state index in [-0.39, 0.29) is 0 Å². The Morgan fingerprint density at radius 3 is 2.61 bits per heavy atom. The SMILES string of the molecule is CC(C)=CCC/C(C)=C/CCC1=CC[C@@H](C)CC1. The van der Waals surface area contributed by atoms with Crippen molar-refractivity contribution in [3.8, 4) is 0 Å². The van der Waals surface area contributed by atoms with Crippen LogP contribution in [0.3, 0.4) is 0 Å². The van der Waals surface area contributed by atoms with Gasteiger partial charge in [0.25, 0.3) is 0 Å². The van der Waals surface area contributed by atoms with E-state index in [0.717, 1.165) is 5.92 Å². The first-order valence-corrected chi connectivity index (χ1v) is 7.55. The molecule has 0 heteroatoms. The van der Waals surface area contributed by atoms with Crippen LogP contribution in [0.25, 0.3) is 0 Å². The fourth-order valence-electron chi connectivity index (χ4n) is 2.44. The van der Waals surface area contributed by atoms with Crippen molar-refractivity contribution in [3.05, 3.63) is 34.9 Å². The van der Waals surface area contributed by atoms with Gasteiger partial charge < -0.3 is 0 Å². The van der Waals surface area contributed by atoms with Crippen molar-refractivity contribution < 1.29 is 0 Å². The maximum absolute atomic E-state index is 2.49. The molecule has 102 valence electrons. The van der Waals surface area contributed by atoms with Gasteiger partial charge in [-0.05, 0) is 71.6 Å². The highest BCUT2D eigenvalue weighted by Gasteiger charge is 2.08. The van der Waals surface area contributed by atoms with Crippen LogP contribution in [0.15, 0.2) is 34.9 Å². The zero-order valence-electron chi connectivity index (χ0n) is 12.8. The molecule has 0 saturated carbocycles. The number of hydrogen-bond acceptors (Lipinski definition) is 0. The molecule has 1 aliphatic rings. The van der Waals surface area contributed by atoms with E-state index >= 15 is 0 Å². The summed E-state index contributed by atoms with van der Waals surface area (Å²) in [7, 11) is 0. The lowest BCUT2D eigenvalue weighted by Gasteiger charge is -2.17. The third-order valence-corrected chi connectivity index (χ3v) is 3.82. The van der Waals surface area contributed by atoms with E-state index in [1.807, 2.05) is 0 Å². The second-order valence-electron chi connectivity index (χ2n) is 6.15. The van der Waals surface area contributed by atoms with Crippen LogP contribution < -0.4 is 0 Å². The standard InChI is InChI=1S/C18H30/c1-15(2)7-5-8-16(3)9-6-10-18-13-11-17(4)12-14-18/h7,9,13,17H,5-6,8,10-12,14H2,1-4H3/b16-9+/t17-/m1/s1. The van der Waals surface area contributed by atoms with Gasteiger partial charge in [0.1, 0.15) is 0 Å². The molecule has 1 aliphatic carbocycles. The van der Waals surface area contributed by atoms with Gasteiger partial charge in [0, 0.05) is 0 Å². The second kappa shape index (κ2) is 8.34. The van der Waals surface area contributed by atoms with Crippen molar-refractivity contribution in [2.45, 2.75) is 72.6 Å². The minimum Gasteiger partial charge on any atom is -0.0856 e. The van der Waals surface area contributed by atoms with E-state index in [9.17, 15) is 0 Å². The lowest BCUT2D eigenvalue weighted by Crippen LogP contribution is -2.01. The normalized spacial score (nSPS) is 20.6. The molecule has 0 saturated heterocycles. The highest BCUT2D eigenvalue weighted by atomic mass is 14.1. The Hall–Kier alpha value is -0.780. The average Bonchev–Trinajstić information content (AvgIpc) is 2.31. The maximum atomic E-state index is 2.49. The molecule has 0 amide bonds. The quantitative estimate of drug-likeness (QED) is 0.489. The van der Waals surface area contributed by atoms with Crippen LogP contribution in [-0.2, 0) is 0 Å². The molecule has 0 aliphatic heterocycles. The molecule has 18 heavy (non-hydrogen) atoms. The van der Waals surface area contributed by atoms with Crippen molar-refractivity contribution in [3.63, 3.8) is 0 Å². The van der Waals surface area contributed by atoms with E-state index in [1.165, 1.54) is 50.5 Å². The van der Waals surface area contributed by atoms with Gasteiger partial charge in [-0.3, -0.25) is 0 Å². The molecule has 0 aromatic heterocycles. The van der Waals surface area contributed by atoms with Gasteiger partial charge in [0.15, 0.2) is 0 Å². The summed E-state index contributed by atoms with van der Waals surface area (Å²) in [6.07, 6.45) is 16.2. The van der Waals surface area contributed by atoms with Crippen LogP contribution in [0.1, 0.15) is 72.6 Å². The Kier molecular flexibility index (Phi) is 7.08. The van der Waals surface area contributed by atoms with Crippen molar-refractivity contribution in [1.82, 2.24) is 0 Å². The van der Waals surface area contributed by atoms with Gasteiger partial charge in [0.05, 0.1) is 0 Å². The third-order valence-electron chi connectivity index (χ3n) is 3.82. The molecular formula is C18H30. The van der Waals surface area contributed by atoms with Gasteiger partial charge >= 0.3 is 0 Å². The fourth-order valence-corrected chi connectivity index (χ4v) is 2.44. The summed E-state index contributed by atoms with van der Waals surface area (Å²) in [5.41, 5.74) is 4.68. The first-order chi connectivity index (χ1) is 8.58. The minimum absolute atomic E-state index is 0.912. The molecule has 0 fully saturated rings. The van der Waals surface area contributed by atoms with E-state index in [1.54, 1.807) is 11.1 Å². The molecule has 1 atom stereocenters. The summed E-state index contributed by atoms with van der Waals surface area (Å²) < 4.78 is 0. The summed E-state index contributed by atoms with van der Waals surface area (Å²) in [6, 6.07) is 0. The van der Waals surface area contributed by atoms with Crippen LogP contribution in [0.4, 0.5) is 0 Å². The molecule has 0 heterocycles. The summed E-state index contributed by atoms with van der Waals surface area (Å²) >= 11 is 0. The monoisotopic (exact) mass is 246 g/mol. The molecule has 0 nitrogen and oxygen atoms in total. The summed E-state index contributed by atoms with van der Waals surface area (Å²) in [4.78, 5) is 0. The first-order valence-electron chi connectivity index (χ1n) is 7.55. The lowest BCUT2D eigenvalue weighted by molar-refractivity contribution is 0.506. The first kappa shape index (κ1) is 15.3. The van der Waals surface area contributed by atoms with Gasteiger partial charge in [-0.25, -0.2) is 0 Å². The second-order valence-corrected chi connectivity index (χ2v) is 6.15. The largest absolute Gasteiger partial charge is 0.0856 e. The minimum atomic E-state index is 0.912. The van der Waals surface area contributed by atoms with Gasteiger partial charge in [-0.15, -0.1) is 0 Å². The highest BCUT2D eigenvalue weighted by Crippen LogP contribution is 2.26. The summed E-state index contributed by atoms with van der Waals surface area (Å²) in [5.74, 6) is 0.912. The maximum Gasteiger partial charge on any atom is -0.0285 e. The number of allylic oxidation sites excluding steroid dienone is 6. The predicted octanol–water partition coefficient (Wildman–Crippen LogP) is 6.21. The van der Waals surface area contributed by atoms with E-state index in [4.69, 9.17) is 0 Å². The molecule has 0 spiro atoms. The van der Waals surface area contributed by atoms with Crippen molar-refractivity contribution >= 4 is 0 Å². The average molecular weight is 246 g/mol. The third kappa shape index (κ3) is 6.83. The molecular weight excluding hydrogens is 216 g/mol. The smallest absolute Gasteiger partial charge is 0.0285 e. The summed E-state index contributed by atoms with van der Waals surface area (Å²) in [6.45, 7) is 8.99. The van der Waals surface area contributed by atoms with Crippen molar-refractivity contribution in [2.24, 2.45) is 5.92 Å². The molecule has 1 rings (SSSR count). The van der Waals surface area contributed by atoms with Gasteiger partial charge in [0.2, 0.25) is 0 Å². The van der Waals surface area contributed by atoms with Crippen LogP contribution >= 0.6 is 0 Å². The molecule has 0 N–H and O–H groups in total. The van der Waals surface area contributed by atoms with E-state index in [2.05, 4.69) is 45.9 Å². The van der Waals surface area contributed by atoms with Crippen molar-refractivity contribution in [1.29, 1.82) is 0 Å². The Bertz CT molecular complexity index is 324. The predicted molar refractivity (Wildman–Crippen MR) is 82.8 cm³/mol. The lowest BCUT2D eigenvalue weighted by atomic mass is 9.89. The Balaban J connectivity index is 2.21. The molecule has 0 aromatic carbocycles. The van der Waals surface area contributed by atoms with Gasteiger partial charge in [-0.1, -0.05) is 41.9 Å². The zero-order chi connectivity index (χ0) is 13.4. The van der Waals surface area contributed by atoms with Crippen LogP contribution in [0.5, 0.6) is 0 Å². The number of rotatable bonds is 6. The Morgan fingerprint density at radius 1 is 1.22 bits per heavy atom. The number of hydrogen-bond donors (Lipinski definition) is 0. The molecule has 0 aromatic rings. The van der Waals surface area contributed by atoms with Crippen LogP contribution in [-0.4, -0.2) is 0 Å². The summed E-state index contributed by atoms with van der Waals surface area (Å²) in [5, 5.41) is 0. The van der Waals surface area contributed by atoms with Gasteiger partial charge in [-0.2, -0.15) is 0 Å². The Morgan fingerprint density at radius 2 is 2.00 bits per heavy atom. The molecule has 0 radical (unpaired) electrons. The molecule has 0 unspecified atom stereocenters. The van der Waals surface area contributed by atoms with E-state index < -0.39 is 0 Å². The van der Waals surface area contributed by atoms with Crippen LogP contribution in [0.2, 0.25) is 0 Å².